The van der Waals surface area contributed by atoms with E-state index in [0.29, 0.717) is 6.04 Å². The third-order valence-electron chi connectivity index (χ3n) is 5.09. The van der Waals surface area contributed by atoms with E-state index in [0.717, 1.165) is 40.1 Å². The third kappa shape index (κ3) is 2.82. The molecule has 0 unspecified atom stereocenters. The number of aliphatic imine (C=N–C) groups is 1. The molecule has 0 N–H and O–H groups in total. The van der Waals surface area contributed by atoms with Crippen molar-refractivity contribution in [1.82, 2.24) is 9.88 Å². The highest BCUT2D eigenvalue weighted by molar-refractivity contribution is 8.14. The molecular weight excluding hydrogens is 346 g/mol. The predicted octanol–water partition coefficient (Wildman–Crippen LogP) is 4.08. The van der Waals surface area contributed by atoms with Gasteiger partial charge in [-0.1, -0.05) is 24.8 Å². The van der Waals surface area contributed by atoms with Gasteiger partial charge in [0.2, 0.25) is 0 Å². The molecule has 0 bridgehead atoms. The molecule has 2 aromatic rings. The monoisotopic (exact) mass is 369 g/mol. The van der Waals surface area contributed by atoms with Crippen LogP contribution in [0.5, 0.6) is 11.5 Å². The summed E-state index contributed by atoms with van der Waals surface area (Å²) in [5.74, 6) is 2.71. The van der Waals surface area contributed by atoms with Crippen molar-refractivity contribution >= 4 is 16.9 Å². The Kier molecular flexibility index (Phi) is 4.76. The minimum atomic E-state index is -0.0321. The summed E-state index contributed by atoms with van der Waals surface area (Å²) in [6.45, 7) is 2.24. The van der Waals surface area contributed by atoms with Crippen LogP contribution < -0.4 is 9.47 Å². The summed E-state index contributed by atoms with van der Waals surface area (Å²) < 4.78 is 11.1. The van der Waals surface area contributed by atoms with Crippen molar-refractivity contribution in [3.8, 4) is 11.5 Å². The van der Waals surface area contributed by atoms with Crippen LogP contribution in [-0.2, 0) is 0 Å². The van der Waals surface area contributed by atoms with Crippen LogP contribution in [0, 0.1) is 0 Å². The van der Waals surface area contributed by atoms with Gasteiger partial charge in [0.1, 0.15) is 17.5 Å². The van der Waals surface area contributed by atoms with Gasteiger partial charge in [-0.05, 0) is 30.7 Å². The summed E-state index contributed by atoms with van der Waals surface area (Å²) in [4.78, 5) is 12.1. The molecule has 1 saturated heterocycles. The second-order valence-corrected chi connectivity index (χ2v) is 7.43. The molecule has 2 aliphatic heterocycles. The van der Waals surface area contributed by atoms with E-state index in [-0.39, 0.29) is 12.1 Å². The first-order chi connectivity index (χ1) is 12.8. The first kappa shape index (κ1) is 17.2. The van der Waals surface area contributed by atoms with Crippen LogP contribution in [0.25, 0.3) is 0 Å². The molecule has 4 rings (SSSR count). The number of hydrogen-bond donors (Lipinski definition) is 0. The first-order valence-electron chi connectivity index (χ1n) is 8.88. The maximum atomic E-state index is 5.72. The second kappa shape index (κ2) is 7.19. The van der Waals surface area contributed by atoms with E-state index in [1.807, 2.05) is 42.2 Å². The van der Waals surface area contributed by atoms with Crippen molar-refractivity contribution in [3.05, 3.63) is 53.9 Å². The number of nitrogens with zero attached hydrogens (tertiary/aromatic N) is 3. The SMILES string of the molecule is CC[C@@H]1CSC2=N[C@H](c3ccccn3)[C@@H](c3ccc(OC)cc3OC)N21. The van der Waals surface area contributed by atoms with Crippen LogP contribution in [0.4, 0.5) is 0 Å². The topological polar surface area (TPSA) is 47.0 Å². The molecule has 1 fully saturated rings. The molecule has 1 aromatic carbocycles. The predicted molar refractivity (Wildman–Crippen MR) is 105 cm³/mol. The van der Waals surface area contributed by atoms with Crippen LogP contribution in [0.15, 0.2) is 47.6 Å². The number of benzene rings is 1. The second-order valence-electron chi connectivity index (χ2n) is 6.44. The Morgan fingerprint density at radius 1 is 1.19 bits per heavy atom. The van der Waals surface area contributed by atoms with Crippen molar-refractivity contribution in [2.45, 2.75) is 31.5 Å². The van der Waals surface area contributed by atoms with Gasteiger partial charge in [0, 0.05) is 29.6 Å². The lowest BCUT2D eigenvalue weighted by atomic mass is 9.94. The molecule has 0 radical (unpaired) electrons. The summed E-state index contributed by atoms with van der Waals surface area (Å²) >= 11 is 1.85. The molecule has 0 aliphatic carbocycles. The van der Waals surface area contributed by atoms with E-state index in [9.17, 15) is 0 Å². The van der Waals surface area contributed by atoms with Gasteiger partial charge >= 0.3 is 0 Å². The summed E-state index contributed by atoms with van der Waals surface area (Å²) in [6, 6.07) is 12.6. The van der Waals surface area contributed by atoms with Crippen LogP contribution >= 0.6 is 11.8 Å². The lowest BCUT2D eigenvalue weighted by Crippen LogP contribution is -2.35. The molecule has 5 nitrogen and oxygen atoms in total. The molecule has 6 heteroatoms. The highest BCUT2D eigenvalue weighted by Gasteiger charge is 2.46. The van der Waals surface area contributed by atoms with E-state index < -0.39 is 0 Å². The minimum Gasteiger partial charge on any atom is -0.497 e. The van der Waals surface area contributed by atoms with Gasteiger partial charge in [-0.2, -0.15) is 0 Å². The number of aromatic nitrogens is 1. The van der Waals surface area contributed by atoms with Gasteiger partial charge in [-0.3, -0.25) is 9.98 Å². The van der Waals surface area contributed by atoms with Gasteiger partial charge in [-0.15, -0.1) is 0 Å². The Balaban J connectivity index is 1.82. The summed E-state index contributed by atoms with van der Waals surface area (Å²) in [7, 11) is 3.38. The number of pyridine rings is 1. The molecule has 1 aromatic heterocycles. The maximum absolute atomic E-state index is 5.72. The Bertz CT molecular complexity index is 812. The Morgan fingerprint density at radius 3 is 2.77 bits per heavy atom. The lowest BCUT2D eigenvalue weighted by molar-refractivity contribution is 0.248. The largest absolute Gasteiger partial charge is 0.497 e. The summed E-state index contributed by atoms with van der Waals surface area (Å²) in [6.07, 6.45) is 2.93. The van der Waals surface area contributed by atoms with E-state index >= 15 is 0 Å². The molecule has 3 heterocycles. The van der Waals surface area contributed by atoms with E-state index in [4.69, 9.17) is 14.5 Å². The lowest BCUT2D eigenvalue weighted by Gasteiger charge is -2.32. The molecule has 0 amide bonds. The number of hydrogen-bond acceptors (Lipinski definition) is 6. The number of fused-ring (bicyclic) bond motifs is 1. The fraction of sp³-hybridized carbons (Fsp3) is 0.400. The number of thioether (sulfide) groups is 1. The molecule has 0 spiro atoms. The highest BCUT2D eigenvalue weighted by Crippen LogP contribution is 2.50. The number of amidine groups is 1. The third-order valence-corrected chi connectivity index (χ3v) is 6.21. The Hall–Kier alpha value is -2.21. The van der Waals surface area contributed by atoms with Crippen LogP contribution in [-0.4, -0.2) is 41.1 Å². The fourth-order valence-electron chi connectivity index (χ4n) is 3.75. The van der Waals surface area contributed by atoms with Crippen LogP contribution in [0.2, 0.25) is 0 Å². The van der Waals surface area contributed by atoms with Crippen LogP contribution in [0.1, 0.15) is 36.7 Å². The zero-order valence-corrected chi connectivity index (χ0v) is 16.1. The molecule has 136 valence electrons. The molecule has 0 saturated carbocycles. The molecule has 2 aliphatic rings. The quantitative estimate of drug-likeness (QED) is 0.795. The van der Waals surface area contributed by atoms with Crippen molar-refractivity contribution < 1.29 is 9.47 Å². The standard InChI is InChI=1S/C20H23N3O2S/c1-4-13-12-26-20-22-18(16-7-5-6-10-21-16)19(23(13)20)15-9-8-14(24-2)11-17(15)25-3/h5-11,13,18-19H,4,12H2,1-3H3/t13-,18-,19-/m1/s1. The number of ether oxygens (including phenoxy) is 2. The van der Waals surface area contributed by atoms with Crippen molar-refractivity contribution in [1.29, 1.82) is 0 Å². The van der Waals surface area contributed by atoms with Crippen molar-refractivity contribution in [3.63, 3.8) is 0 Å². The average Bonchev–Trinajstić information content (AvgIpc) is 3.27. The van der Waals surface area contributed by atoms with Gasteiger partial charge in [0.25, 0.3) is 0 Å². The Morgan fingerprint density at radius 2 is 2.08 bits per heavy atom. The van der Waals surface area contributed by atoms with Crippen molar-refractivity contribution in [2.24, 2.45) is 4.99 Å². The van der Waals surface area contributed by atoms with E-state index in [1.165, 1.54) is 0 Å². The smallest absolute Gasteiger partial charge is 0.160 e. The summed E-state index contributed by atoms with van der Waals surface area (Å²) in [5.41, 5.74) is 2.12. The average molecular weight is 369 g/mol. The molecule has 26 heavy (non-hydrogen) atoms. The Labute approximate surface area is 158 Å². The fourth-order valence-corrected chi connectivity index (χ4v) is 5.09. The van der Waals surface area contributed by atoms with Crippen LogP contribution in [0.3, 0.4) is 0 Å². The van der Waals surface area contributed by atoms with Crippen molar-refractivity contribution in [2.75, 3.05) is 20.0 Å². The highest BCUT2D eigenvalue weighted by atomic mass is 32.2. The van der Waals surface area contributed by atoms with Gasteiger partial charge in [0.15, 0.2) is 5.17 Å². The zero-order chi connectivity index (χ0) is 18.1. The van der Waals surface area contributed by atoms with Gasteiger partial charge < -0.3 is 14.4 Å². The van der Waals surface area contributed by atoms with Gasteiger partial charge in [0.05, 0.1) is 26.0 Å². The normalized spacial score (nSPS) is 24.3. The molecular formula is C20H23N3O2S. The molecule has 3 atom stereocenters. The van der Waals surface area contributed by atoms with E-state index in [1.54, 1.807) is 14.2 Å². The number of methoxy groups -OCH3 is 2. The maximum Gasteiger partial charge on any atom is 0.160 e. The van der Waals surface area contributed by atoms with Gasteiger partial charge in [-0.25, -0.2) is 0 Å². The van der Waals surface area contributed by atoms with E-state index in [2.05, 4.69) is 28.9 Å². The minimum absolute atomic E-state index is 0.0321. The first-order valence-corrected chi connectivity index (χ1v) is 9.87. The zero-order valence-electron chi connectivity index (χ0n) is 15.3. The summed E-state index contributed by atoms with van der Waals surface area (Å²) in [5, 5.41) is 1.12. The number of rotatable bonds is 5.